The largest absolute Gasteiger partial charge is 0.424 e. The molecule has 0 N–H and O–H groups in total. The molecule has 0 saturated carbocycles. The van der Waals surface area contributed by atoms with Gasteiger partial charge in [-0.25, -0.2) is 8.78 Å². The summed E-state index contributed by atoms with van der Waals surface area (Å²) in [5.74, 6) is -5.77. The predicted molar refractivity (Wildman–Crippen MR) is 32.5 cm³/mol. The van der Waals surface area contributed by atoms with Crippen LogP contribution in [0.3, 0.4) is 0 Å². The van der Waals surface area contributed by atoms with Gasteiger partial charge in [0.05, 0.1) is 6.42 Å². The van der Waals surface area contributed by atoms with Crippen LogP contribution in [-0.4, -0.2) is 31.2 Å². The number of ether oxygens (including phenoxy) is 1. The van der Waals surface area contributed by atoms with Crippen molar-refractivity contribution in [2.24, 2.45) is 0 Å². The summed E-state index contributed by atoms with van der Waals surface area (Å²) in [7, 11) is 0. The van der Waals surface area contributed by atoms with Crippen LogP contribution in [0.1, 0.15) is 6.42 Å². The zero-order chi connectivity index (χ0) is 13.2. The summed E-state index contributed by atoms with van der Waals surface area (Å²) in [5, 5.41) is 0. The maximum absolute atomic E-state index is 12.4. The molecule has 10 heteroatoms. The van der Waals surface area contributed by atoms with Gasteiger partial charge in [0.1, 0.15) is 0 Å². The van der Waals surface area contributed by atoms with Crippen LogP contribution in [0.2, 0.25) is 0 Å². The fraction of sp³-hybridized carbons (Fsp3) is 1.00. The van der Waals surface area contributed by atoms with Gasteiger partial charge in [0, 0.05) is 0 Å². The summed E-state index contributed by atoms with van der Waals surface area (Å²) in [4.78, 5) is 0. The summed E-state index contributed by atoms with van der Waals surface area (Å²) in [6.45, 7) is -2.39. The first-order chi connectivity index (χ1) is 6.94. The zero-order valence-corrected chi connectivity index (χ0v) is 7.30. The first-order valence-corrected chi connectivity index (χ1v) is 3.60. The van der Waals surface area contributed by atoms with Gasteiger partial charge >= 0.3 is 18.2 Å². The zero-order valence-electron chi connectivity index (χ0n) is 7.30. The molecule has 0 saturated heterocycles. The lowest BCUT2D eigenvalue weighted by Crippen LogP contribution is -2.50. The molecule has 0 aromatic rings. The smallest absolute Gasteiger partial charge is 0.284 e. The average molecular weight is 264 g/mol. The van der Waals surface area contributed by atoms with Gasteiger partial charge in [-0.3, -0.25) is 4.74 Å². The maximum atomic E-state index is 12.4. The second-order valence-corrected chi connectivity index (χ2v) is 2.68. The molecule has 0 bridgehead atoms. The van der Waals surface area contributed by atoms with Crippen molar-refractivity contribution in [2.45, 2.75) is 30.8 Å². The van der Waals surface area contributed by atoms with E-state index in [-0.39, 0.29) is 0 Å². The van der Waals surface area contributed by atoms with E-state index in [1.807, 2.05) is 0 Å². The molecule has 0 radical (unpaired) electrons. The van der Waals surface area contributed by atoms with Gasteiger partial charge in [0.2, 0.25) is 0 Å². The number of hydrogen-bond donors (Lipinski definition) is 0. The second-order valence-electron chi connectivity index (χ2n) is 2.68. The van der Waals surface area contributed by atoms with E-state index in [4.69, 9.17) is 0 Å². The third-order valence-corrected chi connectivity index (χ3v) is 1.43. The normalized spacial score (nSPS) is 16.3. The second kappa shape index (κ2) is 4.68. The van der Waals surface area contributed by atoms with Crippen molar-refractivity contribution in [3.63, 3.8) is 0 Å². The van der Waals surface area contributed by atoms with E-state index in [9.17, 15) is 39.5 Å². The molecule has 0 fully saturated rings. The predicted octanol–water partition coefficient (Wildman–Crippen LogP) is 3.45. The highest BCUT2D eigenvalue weighted by atomic mass is 19.4. The van der Waals surface area contributed by atoms with Gasteiger partial charge in [-0.2, -0.15) is 30.7 Å². The Hall–Kier alpha value is -0.670. The highest BCUT2D eigenvalue weighted by molar-refractivity contribution is 4.86. The molecule has 0 spiro atoms. The Bertz CT molecular complexity index is 223. The van der Waals surface area contributed by atoms with Gasteiger partial charge < -0.3 is 0 Å². The highest BCUT2D eigenvalue weighted by Gasteiger charge is 2.65. The van der Waals surface area contributed by atoms with Crippen LogP contribution in [0.15, 0.2) is 0 Å². The summed E-state index contributed by atoms with van der Waals surface area (Å²) in [6.07, 6.45) is -18.1. The van der Waals surface area contributed by atoms with Gasteiger partial charge in [0.25, 0.3) is 0 Å². The van der Waals surface area contributed by atoms with E-state index < -0.39 is 37.7 Å². The van der Waals surface area contributed by atoms with Crippen molar-refractivity contribution in [1.29, 1.82) is 0 Å². The molecule has 1 atom stereocenters. The summed E-state index contributed by atoms with van der Waals surface area (Å²) >= 11 is 0. The average Bonchev–Trinajstić information content (AvgIpc) is 2.00. The molecule has 0 aromatic carbocycles. The van der Waals surface area contributed by atoms with Gasteiger partial charge in [0.15, 0.2) is 13.0 Å². The van der Waals surface area contributed by atoms with Crippen molar-refractivity contribution in [3.8, 4) is 0 Å². The van der Waals surface area contributed by atoms with Crippen LogP contribution in [0.25, 0.3) is 0 Å². The Morgan fingerprint density at radius 2 is 1.38 bits per heavy atom. The molecular formula is C6H5F9O. The van der Waals surface area contributed by atoms with E-state index in [0.29, 0.717) is 0 Å². The van der Waals surface area contributed by atoms with E-state index in [1.165, 1.54) is 0 Å². The molecule has 0 rings (SSSR count). The van der Waals surface area contributed by atoms with Crippen molar-refractivity contribution >= 4 is 0 Å². The molecule has 0 aliphatic heterocycles. The molecule has 0 aliphatic rings. The lowest BCUT2D eigenvalue weighted by Gasteiger charge is -2.27. The first kappa shape index (κ1) is 15.3. The number of halogens is 9. The molecule has 16 heavy (non-hydrogen) atoms. The Labute approximate surface area is 83.2 Å². The fourth-order valence-electron chi connectivity index (χ4n) is 0.678. The van der Waals surface area contributed by atoms with Crippen LogP contribution >= 0.6 is 0 Å². The van der Waals surface area contributed by atoms with Gasteiger partial charge in [-0.05, 0) is 0 Å². The van der Waals surface area contributed by atoms with Crippen LogP contribution in [0.4, 0.5) is 39.5 Å². The standard InChI is InChI=1S/C6H5F9O/c7-2-16-6(14,15)5(12,13)3(8)1-4(9,10)11/h3H,1-2H2. The van der Waals surface area contributed by atoms with Crippen LogP contribution < -0.4 is 0 Å². The Morgan fingerprint density at radius 3 is 1.69 bits per heavy atom. The SMILES string of the molecule is FCOC(F)(F)C(F)(F)C(F)CC(F)(F)F. The maximum Gasteiger partial charge on any atom is 0.424 e. The van der Waals surface area contributed by atoms with E-state index in [0.717, 1.165) is 0 Å². The van der Waals surface area contributed by atoms with E-state index >= 15 is 0 Å². The first-order valence-electron chi connectivity index (χ1n) is 3.60. The lowest BCUT2D eigenvalue weighted by molar-refractivity contribution is -0.374. The molecular weight excluding hydrogens is 259 g/mol. The Morgan fingerprint density at radius 1 is 0.938 bits per heavy atom. The fourth-order valence-corrected chi connectivity index (χ4v) is 0.678. The summed E-state index contributed by atoms with van der Waals surface area (Å²) in [5.41, 5.74) is 0. The van der Waals surface area contributed by atoms with Crippen LogP contribution in [0, 0.1) is 0 Å². The van der Waals surface area contributed by atoms with Crippen molar-refractivity contribution in [1.82, 2.24) is 0 Å². The Kier molecular flexibility index (Phi) is 4.48. The number of rotatable bonds is 5. The minimum Gasteiger partial charge on any atom is -0.284 e. The third-order valence-electron chi connectivity index (χ3n) is 1.43. The summed E-state index contributed by atoms with van der Waals surface area (Å²) in [6, 6.07) is 0. The molecule has 0 aliphatic carbocycles. The molecule has 0 heterocycles. The number of hydrogen-bond acceptors (Lipinski definition) is 1. The third kappa shape index (κ3) is 3.72. The summed E-state index contributed by atoms with van der Waals surface area (Å²) < 4.78 is 110. The van der Waals surface area contributed by atoms with Gasteiger partial charge in [-0.15, -0.1) is 0 Å². The van der Waals surface area contributed by atoms with Crippen LogP contribution in [-0.2, 0) is 4.74 Å². The van der Waals surface area contributed by atoms with Crippen molar-refractivity contribution in [2.75, 3.05) is 6.86 Å². The highest BCUT2D eigenvalue weighted by Crippen LogP contribution is 2.42. The number of alkyl halides is 9. The lowest BCUT2D eigenvalue weighted by atomic mass is 10.1. The molecule has 98 valence electrons. The Balaban J connectivity index is 4.76. The van der Waals surface area contributed by atoms with Gasteiger partial charge in [-0.1, -0.05) is 0 Å². The van der Waals surface area contributed by atoms with Crippen molar-refractivity contribution < 1.29 is 44.3 Å². The monoisotopic (exact) mass is 264 g/mol. The quantitative estimate of drug-likeness (QED) is 0.691. The van der Waals surface area contributed by atoms with Crippen LogP contribution in [0.5, 0.6) is 0 Å². The molecule has 1 nitrogen and oxygen atoms in total. The minimum absolute atomic E-state index is 2.39. The topological polar surface area (TPSA) is 9.23 Å². The minimum atomic E-state index is -5.77. The van der Waals surface area contributed by atoms with Crippen molar-refractivity contribution in [3.05, 3.63) is 0 Å². The molecule has 0 amide bonds. The molecule has 1 unspecified atom stereocenters. The van der Waals surface area contributed by atoms with E-state index in [1.54, 1.807) is 0 Å². The van der Waals surface area contributed by atoms with E-state index in [2.05, 4.69) is 4.74 Å². The molecule has 0 aromatic heterocycles.